The van der Waals surface area contributed by atoms with E-state index < -0.39 is 11.0 Å². The SMILES string of the molecule is CSc1ccccc1Sc1cnc(N2CCC3(CC2)Cc2ccccc2[C@H]3N[S@](=O)C(C)(C)C)n2ccnc12. The molecule has 1 aliphatic heterocycles. The van der Waals surface area contributed by atoms with Crippen molar-refractivity contribution in [2.75, 3.05) is 24.2 Å². The summed E-state index contributed by atoms with van der Waals surface area (Å²) in [6.45, 7) is 7.91. The molecule has 1 saturated heterocycles. The highest BCUT2D eigenvalue weighted by Crippen LogP contribution is 2.52. The number of benzene rings is 2. The van der Waals surface area contributed by atoms with Crippen molar-refractivity contribution in [1.29, 1.82) is 0 Å². The normalized spacial score (nSPS) is 19.5. The molecule has 0 amide bonds. The Morgan fingerprint density at radius 3 is 2.46 bits per heavy atom. The fraction of sp³-hybridized carbons (Fsp3) is 0.400. The molecule has 1 N–H and O–H groups in total. The predicted octanol–water partition coefficient (Wildman–Crippen LogP) is 6.54. The second-order valence-corrected chi connectivity index (χ2v) is 15.4. The molecule has 0 saturated carbocycles. The monoisotopic (exact) mass is 577 g/mol. The minimum Gasteiger partial charge on any atom is -0.342 e. The summed E-state index contributed by atoms with van der Waals surface area (Å²) in [6, 6.07) is 17.3. The highest BCUT2D eigenvalue weighted by Gasteiger charge is 2.49. The molecular weight excluding hydrogens is 543 g/mol. The number of nitrogens with one attached hydrogen (secondary N) is 1. The largest absolute Gasteiger partial charge is 0.342 e. The second kappa shape index (κ2) is 10.6. The van der Waals surface area contributed by atoms with Gasteiger partial charge in [-0.15, -0.1) is 11.8 Å². The predicted molar refractivity (Wildman–Crippen MR) is 163 cm³/mol. The smallest absolute Gasteiger partial charge is 0.211 e. The van der Waals surface area contributed by atoms with Gasteiger partial charge in [0.25, 0.3) is 0 Å². The van der Waals surface area contributed by atoms with E-state index >= 15 is 0 Å². The first-order valence-corrected chi connectivity index (χ1v) is 16.6. The molecule has 204 valence electrons. The fourth-order valence-electron chi connectivity index (χ4n) is 5.89. The van der Waals surface area contributed by atoms with Gasteiger partial charge in [0.05, 0.1) is 26.7 Å². The first kappa shape index (κ1) is 26.9. The number of hydrogen-bond donors (Lipinski definition) is 1. The fourth-order valence-corrected chi connectivity index (χ4v) is 8.59. The van der Waals surface area contributed by atoms with E-state index in [1.165, 1.54) is 20.9 Å². The van der Waals surface area contributed by atoms with E-state index in [4.69, 9.17) is 9.97 Å². The third-order valence-corrected chi connectivity index (χ3v) is 11.6. The van der Waals surface area contributed by atoms with Gasteiger partial charge in [0.15, 0.2) is 5.65 Å². The highest BCUT2D eigenvalue weighted by atomic mass is 32.2. The molecule has 0 bridgehead atoms. The Balaban J connectivity index is 1.25. The van der Waals surface area contributed by atoms with Crippen molar-refractivity contribution in [2.45, 2.75) is 65.5 Å². The summed E-state index contributed by atoms with van der Waals surface area (Å²) < 4.78 is 18.6. The molecule has 1 aliphatic carbocycles. The van der Waals surface area contributed by atoms with Crippen molar-refractivity contribution in [3.05, 3.63) is 78.2 Å². The second-order valence-electron chi connectivity index (χ2n) is 11.5. The molecule has 0 radical (unpaired) electrons. The lowest BCUT2D eigenvalue weighted by Crippen LogP contribution is -2.48. The van der Waals surface area contributed by atoms with E-state index in [2.05, 4.69) is 68.8 Å². The summed E-state index contributed by atoms with van der Waals surface area (Å²) in [5.74, 6) is 0.943. The zero-order valence-electron chi connectivity index (χ0n) is 22.9. The molecular formula is C30H35N5OS3. The molecule has 39 heavy (non-hydrogen) atoms. The quantitative estimate of drug-likeness (QED) is 0.263. The Kier molecular flexibility index (Phi) is 7.29. The third-order valence-electron chi connectivity index (χ3n) is 8.01. The molecule has 4 aromatic rings. The molecule has 2 aliphatic rings. The summed E-state index contributed by atoms with van der Waals surface area (Å²) >= 11 is 3.48. The zero-order chi connectivity index (χ0) is 27.2. The number of piperidine rings is 1. The Hall–Kier alpha value is -2.33. The summed E-state index contributed by atoms with van der Waals surface area (Å²) in [6.07, 6.45) is 11.0. The van der Waals surface area contributed by atoms with Crippen LogP contribution in [0.2, 0.25) is 0 Å². The number of nitrogens with zero attached hydrogens (tertiary/aromatic N) is 4. The molecule has 1 fully saturated rings. The van der Waals surface area contributed by atoms with Crippen LogP contribution in [0.1, 0.15) is 50.8 Å². The first-order chi connectivity index (χ1) is 18.8. The molecule has 6 nitrogen and oxygen atoms in total. The maximum atomic E-state index is 13.2. The Bertz CT molecular complexity index is 1520. The average molecular weight is 578 g/mol. The van der Waals surface area contributed by atoms with Crippen LogP contribution in [-0.4, -0.2) is 42.7 Å². The van der Waals surface area contributed by atoms with E-state index in [-0.39, 0.29) is 16.2 Å². The third kappa shape index (κ3) is 5.03. The van der Waals surface area contributed by atoms with Crippen molar-refractivity contribution < 1.29 is 4.21 Å². The van der Waals surface area contributed by atoms with E-state index in [1.54, 1.807) is 23.5 Å². The van der Waals surface area contributed by atoms with E-state index in [0.29, 0.717) is 0 Å². The van der Waals surface area contributed by atoms with Crippen LogP contribution in [0.25, 0.3) is 5.65 Å². The van der Waals surface area contributed by atoms with Crippen LogP contribution in [0.15, 0.2) is 81.8 Å². The van der Waals surface area contributed by atoms with E-state index in [1.807, 2.05) is 39.4 Å². The van der Waals surface area contributed by atoms with Crippen LogP contribution in [0.4, 0.5) is 5.95 Å². The molecule has 2 aromatic heterocycles. The van der Waals surface area contributed by atoms with Crippen LogP contribution < -0.4 is 9.62 Å². The summed E-state index contributed by atoms with van der Waals surface area (Å²) in [7, 11) is -1.13. The van der Waals surface area contributed by atoms with Gasteiger partial charge in [-0.2, -0.15) is 0 Å². The molecule has 1 spiro atoms. The van der Waals surface area contributed by atoms with Crippen LogP contribution in [0.5, 0.6) is 0 Å². The minimum atomic E-state index is -1.13. The van der Waals surface area contributed by atoms with Gasteiger partial charge in [-0.3, -0.25) is 4.40 Å². The van der Waals surface area contributed by atoms with E-state index in [9.17, 15) is 4.21 Å². The molecule has 3 heterocycles. The van der Waals surface area contributed by atoms with E-state index in [0.717, 1.165) is 48.8 Å². The average Bonchev–Trinajstić information content (AvgIpc) is 3.53. The molecule has 0 unspecified atom stereocenters. The molecule has 2 aromatic carbocycles. The van der Waals surface area contributed by atoms with Gasteiger partial charge in [0.2, 0.25) is 5.95 Å². The lowest BCUT2D eigenvalue weighted by atomic mass is 9.73. The Labute approximate surface area is 242 Å². The van der Waals surface area contributed by atoms with Gasteiger partial charge in [-0.1, -0.05) is 48.2 Å². The summed E-state index contributed by atoms with van der Waals surface area (Å²) in [5.41, 5.74) is 3.68. The molecule has 2 atom stereocenters. The van der Waals surface area contributed by atoms with Crippen molar-refractivity contribution >= 4 is 46.1 Å². The molecule has 6 rings (SSSR count). The lowest BCUT2D eigenvalue weighted by Gasteiger charge is -2.44. The number of imidazole rings is 1. The Morgan fingerprint density at radius 2 is 1.72 bits per heavy atom. The van der Waals surface area contributed by atoms with Crippen LogP contribution in [0.3, 0.4) is 0 Å². The van der Waals surface area contributed by atoms with Gasteiger partial charge in [-0.05, 0) is 75.0 Å². The van der Waals surface area contributed by atoms with Gasteiger partial charge in [0, 0.05) is 41.5 Å². The topological polar surface area (TPSA) is 62.5 Å². The number of fused-ring (bicyclic) bond motifs is 2. The number of anilines is 1. The standard InChI is InChI=1S/C30H35N5OS3/c1-29(2,3)39(36)33-26-22-10-6-5-9-21(22)19-30(26)13-16-34(17-14-30)28-32-20-25(27-31-15-18-35(27)28)38-24-12-8-7-11-23(24)37-4/h5-12,15,18,20,26,33H,13-14,16-17,19H2,1-4H3/t26-,39-/m1/s1. The van der Waals surface area contributed by atoms with Crippen LogP contribution in [0, 0.1) is 5.41 Å². The highest BCUT2D eigenvalue weighted by molar-refractivity contribution is 8.02. The Morgan fingerprint density at radius 1 is 1.00 bits per heavy atom. The van der Waals surface area contributed by atoms with Gasteiger partial charge in [0.1, 0.15) is 0 Å². The zero-order valence-corrected chi connectivity index (χ0v) is 25.3. The number of aromatic nitrogens is 3. The molecule has 9 heteroatoms. The number of rotatable bonds is 6. The summed E-state index contributed by atoms with van der Waals surface area (Å²) in [5, 5.41) is 0. The number of hydrogen-bond acceptors (Lipinski definition) is 6. The van der Waals surface area contributed by atoms with Crippen molar-refractivity contribution in [3.8, 4) is 0 Å². The van der Waals surface area contributed by atoms with Crippen molar-refractivity contribution in [1.82, 2.24) is 19.1 Å². The maximum absolute atomic E-state index is 13.2. The van der Waals surface area contributed by atoms with Crippen LogP contribution in [-0.2, 0) is 17.4 Å². The van der Waals surface area contributed by atoms with Crippen molar-refractivity contribution in [3.63, 3.8) is 0 Å². The summed E-state index contributed by atoms with van der Waals surface area (Å²) in [4.78, 5) is 15.6. The van der Waals surface area contributed by atoms with Crippen LogP contribution >= 0.6 is 23.5 Å². The van der Waals surface area contributed by atoms with Gasteiger partial charge >= 0.3 is 0 Å². The van der Waals surface area contributed by atoms with Crippen molar-refractivity contribution in [2.24, 2.45) is 5.41 Å². The minimum absolute atomic E-state index is 0.0481. The van der Waals surface area contributed by atoms with Gasteiger partial charge in [-0.25, -0.2) is 18.9 Å². The number of thioether (sulfide) groups is 1. The maximum Gasteiger partial charge on any atom is 0.211 e. The lowest BCUT2D eigenvalue weighted by molar-refractivity contribution is 0.177. The van der Waals surface area contributed by atoms with Gasteiger partial charge < -0.3 is 4.90 Å². The first-order valence-electron chi connectivity index (χ1n) is 13.4.